The van der Waals surface area contributed by atoms with Crippen molar-refractivity contribution in [3.05, 3.63) is 60.2 Å². The van der Waals surface area contributed by atoms with Crippen molar-refractivity contribution in [3.8, 4) is 0 Å². The van der Waals surface area contributed by atoms with Gasteiger partial charge in [-0.05, 0) is 30.1 Å². The second-order valence-electron chi connectivity index (χ2n) is 4.47. The summed E-state index contributed by atoms with van der Waals surface area (Å²) < 4.78 is 0. The van der Waals surface area contributed by atoms with E-state index in [-0.39, 0.29) is 0 Å². The van der Waals surface area contributed by atoms with Crippen molar-refractivity contribution in [2.45, 2.75) is 13.5 Å². The molecule has 0 aliphatic heterocycles. The Bertz CT molecular complexity index is 517. The predicted molar refractivity (Wildman–Crippen MR) is 79.4 cm³/mol. The minimum atomic E-state index is -1.41. The zero-order valence-corrected chi connectivity index (χ0v) is 11.0. The van der Waals surface area contributed by atoms with Gasteiger partial charge in [-0.1, -0.05) is 42.5 Å². The zero-order chi connectivity index (χ0) is 13.7. The minimum Gasteiger partial charge on any atom is -0.423 e. The fraction of sp³-hybridized carbons (Fsp3) is 0.200. The lowest BCUT2D eigenvalue weighted by Gasteiger charge is -2.23. The summed E-state index contributed by atoms with van der Waals surface area (Å²) in [6.07, 6.45) is 0. The van der Waals surface area contributed by atoms with Gasteiger partial charge in [-0.2, -0.15) is 0 Å². The molecule has 0 bridgehead atoms. The summed E-state index contributed by atoms with van der Waals surface area (Å²) in [6, 6.07) is 17.6. The highest BCUT2D eigenvalue weighted by Gasteiger charge is 2.12. The summed E-state index contributed by atoms with van der Waals surface area (Å²) in [5.41, 5.74) is 2.76. The lowest BCUT2D eigenvalue weighted by atomic mass is 9.79. The van der Waals surface area contributed by atoms with Gasteiger partial charge in [-0.15, -0.1) is 0 Å². The van der Waals surface area contributed by atoms with Crippen LogP contribution in [0.2, 0.25) is 0 Å². The van der Waals surface area contributed by atoms with E-state index < -0.39 is 7.12 Å². The molecule has 2 aromatic rings. The lowest BCUT2D eigenvalue weighted by Crippen LogP contribution is -2.30. The van der Waals surface area contributed by atoms with E-state index in [1.165, 1.54) is 5.69 Å². The molecule has 2 N–H and O–H groups in total. The molecule has 4 heteroatoms. The molecule has 0 heterocycles. The normalized spacial score (nSPS) is 10.3. The van der Waals surface area contributed by atoms with E-state index in [0.29, 0.717) is 5.46 Å². The topological polar surface area (TPSA) is 43.7 Å². The second-order valence-corrected chi connectivity index (χ2v) is 4.47. The summed E-state index contributed by atoms with van der Waals surface area (Å²) in [6.45, 7) is 3.76. The zero-order valence-electron chi connectivity index (χ0n) is 11.0. The van der Waals surface area contributed by atoms with Gasteiger partial charge < -0.3 is 14.9 Å². The molecule has 19 heavy (non-hydrogen) atoms. The second kappa shape index (κ2) is 6.41. The quantitative estimate of drug-likeness (QED) is 0.793. The average Bonchev–Trinajstić information content (AvgIpc) is 2.46. The molecule has 0 aromatic heterocycles. The first-order valence-electron chi connectivity index (χ1n) is 6.45. The molecule has 0 aliphatic carbocycles. The van der Waals surface area contributed by atoms with Crippen LogP contribution in [0, 0.1) is 0 Å². The van der Waals surface area contributed by atoms with Gasteiger partial charge in [-0.25, -0.2) is 0 Å². The van der Waals surface area contributed by atoms with Crippen LogP contribution in [0.15, 0.2) is 54.6 Å². The van der Waals surface area contributed by atoms with Gasteiger partial charge >= 0.3 is 7.12 Å². The number of benzene rings is 2. The van der Waals surface area contributed by atoms with E-state index in [0.717, 1.165) is 18.7 Å². The van der Waals surface area contributed by atoms with Crippen molar-refractivity contribution in [1.29, 1.82) is 0 Å². The Morgan fingerprint density at radius 1 is 1.00 bits per heavy atom. The van der Waals surface area contributed by atoms with Crippen LogP contribution in [0.4, 0.5) is 5.69 Å². The largest absolute Gasteiger partial charge is 0.488 e. The number of rotatable bonds is 5. The third-order valence-electron chi connectivity index (χ3n) is 3.13. The monoisotopic (exact) mass is 255 g/mol. The van der Waals surface area contributed by atoms with E-state index in [1.807, 2.05) is 36.4 Å². The molecule has 0 spiro atoms. The van der Waals surface area contributed by atoms with Crippen LogP contribution in [0.3, 0.4) is 0 Å². The number of anilines is 1. The minimum absolute atomic E-state index is 0.529. The van der Waals surface area contributed by atoms with Crippen LogP contribution in [0.5, 0.6) is 0 Å². The van der Waals surface area contributed by atoms with E-state index in [2.05, 4.69) is 24.0 Å². The van der Waals surface area contributed by atoms with E-state index in [1.54, 1.807) is 6.07 Å². The highest BCUT2D eigenvalue weighted by molar-refractivity contribution is 6.58. The van der Waals surface area contributed by atoms with Crippen molar-refractivity contribution < 1.29 is 10.0 Å². The molecule has 0 unspecified atom stereocenters. The highest BCUT2D eigenvalue weighted by atomic mass is 16.4. The van der Waals surface area contributed by atoms with Gasteiger partial charge in [-0.3, -0.25) is 0 Å². The van der Waals surface area contributed by atoms with Crippen LogP contribution in [0.25, 0.3) is 0 Å². The van der Waals surface area contributed by atoms with E-state index in [9.17, 15) is 10.0 Å². The maximum Gasteiger partial charge on any atom is 0.488 e. The summed E-state index contributed by atoms with van der Waals surface area (Å²) in [5, 5.41) is 18.4. The molecule has 0 fully saturated rings. The Morgan fingerprint density at radius 2 is 1.74 bits per heavy atom. The first-order chi connectivity index (χ1) is 9.20. The maximum atomic E-state index is 9.20. The Labute approximate surface area is 114 Å². The first-order valence-corrected chi connectivity index (χ1v) is 6.45. The molecule has 2 aromatic carbocycles. The fourth-order valence-electron chi connectivity index (χ4n) is 2.10. The van der Waals surface area contributed by atoms with Crippen LogP contribution >= 0.6 is 0 Å². The molecule has 98 valence electrons. The molecule has 0 saturated heterocycles. The van der Waals surface area contributed by atoms with Gasteiger partial charge in [0.2, 0.25) is 0 Å². The summed E-state index contributed by atoms with van der Waals surface area (Å²) in [7, 11) is -1.41. The predicted octanol–water partition coefficient (Wildman–Crippen LogP) is 1.39. The standard InChI is InChI=1S/C15H18BNO2/c1-2-17(15-9-4-3-5-10-15)12-13-7-6-8-14(11-13)16(18)19/h3-11,18-19H,2,12H2,1H3. The van der Waals surface area contributed by atoms with Crippen molar-refractivity contribution in [1.82, 2.24) is 0 Å². The van der Waals surface area contributed by atoms with Gasteiger partial charge in [0, 0.05) is 18.8 Å². The molecular weight excluding hydrogens is 237 g/mol. The molecular formula is C15H18BNO2. The van der Waals surface area contributed by atoms with Crippen LogP contribution in [0.1, 0.15) is 12.5 Å². The summed E-state index contributed by atoms with van der Waals surface area (Å²) in [4.78, 5) is 2.24. The third-order valence-corrected chi connectivity index (χ3v) is 3.13. The Hall–Kier alpha value is -1.78. The fourth-order valence-corrected chi connectivity index (χ4v) is 2.10. The number of hydrogen-bond donors (Lipinski definition) is 2. The van der Waals surface area contributed by atoms with Crippen molar-refractivity contribution in [3.63, 3.8) is 0 Å². The van der Waals surface area contributed by atoms with Crippen LogP contribution < -0.4 is 10.4 Å². The smallest absolute Gasteiger partial charge is 0.423 e. The van der Waals surface area contributed by atoms with Crippen molar-refractivity contribution in [2.75, 3.05) is 11.4 Å². The summed E-state index contributed by atoms with van der Waals surface area (Å²) in [5.74, 6) is 0. The molecule has 2 rings (SSSR count). The van der Waals surface area contributed by atoms with Gasteiger partial charge in [0.1, 0.15) is 0 Å². The molecule has 3 nitrogen and oxygen atoms in total. The molecule has 0 aliphatic rings. The van der Waals surface area contributed by atoms with Crippen molar-refractivity contribution in [2.24, 2.45) is 0 Å². The molecule has 0 atom stereocenters. The average molecular weight is 255 g/mol. The van der Waals surface area contributed by atoms with Crippen molar-refractivity contribution >= 4 is 18.3 Å². The molecule has 0 radical (unpaired) electrons. The number of nitrogens with zero attached hydrogens (tertiary/aromatic N) is 1. The Kier molecular flexibility index (Phi) is 4.60. The van der Waals surface area contributed by atoms with Gasteiger partial charge in [0.05, 0.1) is 0 Å². The Morgan fingerprint density at radius 3 is 2.37 bits per heavy atom. The van der Waals surface area contributed by atoms with Gasteiger partial charge in [0.25, 0.3) is 0 Å². The van der Waals surface area contributed by atoms with Gasteiger partial charge in [0.15, 0.2) is 0 Å². The summed E-state index contributed by atoms with van der Waals surface area (Å²) >= 11 is 0. The highest BCUT2D eigenvalue weighted by Crippen LogP contribution is 2.15. The lowest BCUT2D eigenvalue weighted by molar-refractivity contribution is 0.425. The Balaban J connectivity index is 2.17. The van der Waals surface area contributed by atoms with E-state index in [4.69, 9.17) is 0 Å². The molecule has 0 amide bonds. The van der Waals surface area contributed by atoms with E-state index >= 15 is 0 Å². The SMILES string of the molecule is CCN(Cc1cccc(B(O)O)c1)c1ccccc1. The number of hydrogen-bond acceptors (Lipinski definition) is 3. The first kappa shape index (κ1) is 13.7. The third kappa shape index (κ3) is 3.59. The number of para-hydroxylation sites is 1. The van der Waals surface area contributed by atoms with Crippen LogP contribution in [-0.2, 0) is 6.54 Å². The molecule has 0 saturated carbocycles. The maximum absolute atomic E-state index is 9.20. The van der Waals surface area contributed by atoms with Crippen LogP contribution in [-0.4, -0.2) is 23.7 Å².